The Morgan fingerprint density at radius 2 is 1.82 bits per heavy atom. The molecular formula is C25H26N6O2. The number of nitrogen functional groups attached to an aromatic ring is 1. The second-order valence-electron chi connectivity index (χ2n) is 8.30. The second-order valence-corrected chi connectivity index (χ2v) is 8.30. The lowest BCUT2D eigenvalue weighted by molar-refractivity contribution is 0.102. The van der Waals surface area contributed by atoms with E-state index < -0.39 is 0 Å². The number of fused-ring (bicyclic) bond motifs is 1. The fraction of sp³-hybridized carbons (Fsp3) is 0.240. The van der Waals surface area contributed by atoms with Crippen molar-refractivity contribution >= 4 is 28.4 Å². The van der Waals surface area contributed by atoms with Crippen LogP contribution in [-0.2, 0) is 6.54 Å². The number of nitrogens with two attached hydrogens (primary N) is 1. The van der Waals surface area contributed by atoms with E-state index in [1.165, 1.54) is 0 Å². The van der Waals surface area contributed by atoms with Crippen molar-refractivity contribution in [2.24, 2.45) is 0 Å². The van der Waals surface area contributed by atoms with Crippen molar-refractivity contribution in [3.63, 3.8) is 0 Å². The zero-order valence-electron chi connectivity index (χ0n) is 18.2. The predicted octanol–water partition coefficient (Wildman–Crippen LogP) is 3.01. The topological polar surface area (TPSA) is 107 Å². The molecule has 8 heteroatoms. The van der Waals surface area contributed by atoms with Crippen LogP contribution in [0, 0.1) is 0 Å². The molecule has 0 bridgehead atoms. The van der Waals surface area contributed by atoms with Gasteiger partial charge in [-0.15, -0.1) is 0 Å². The summed E-state index contributed by atoms with van der Waals surface area (Å²) in [5.41, 5.74) is 9.97. The Hall–Kier alpha value is -3.91. The second kappa shape index (κ2) is 8.91. The van der Waals surface area contributed by atoms with Crippen LogP contribution in [0.1, 0.15) is 34.8 Å². The smallest absolute Gasteiger partial charge is 0.330 e. The Kier molecular flexibility index (Phi) is 5.66. The van der Waals surface area contributed by atoms with Gasteiger partial charge < -0.3 is 16.4 Å². The van der Waals surface area contributed by atoms with Gasteiger partial charge in [-0.3, -0.25) is 13.9 Å². The summed E-state index contributed by atoms with van der Waals surface area (Å²) in [5.74, 6) is -0.233. The molecule has 0 unspecified atom stereocenters. The molecule has 5 rings (SSSR count). The summed E-state index contributed by atoms with van der Waals surface area (Å²) in [5, 5.41) is 6.18. The lowest BCUT2D eigenvalue weighted by atomic mass is 10.1. The molecule has 0 atom stereocenters. The van der Waals surface area contributed by atoms with E-state index in [9.17, 15) is 9.59 Å². The number of piperidine rings is 1. The molecule has 1 amide bonds. The van der Waals surface area contributed by atoms with Gasteiger partial charge in [-0.25, -0.2) is 9.78 Å². The van der Waals surface area contributed by atoms with Crippen LogP contribution >= 0.6 is 0 Å². The van der Waals surface area contributed by atoms with Crippen LogP contribution in [-0.4, -0.2) is 33.1 Å². The summed E-state index contributed by atoms with van der Waals surface area (Å²) in [6, 6.07) is 18.4. The number of carbonyl (C=O) groups excluding carboxylic acids is 1. The highest BCUT2D eigenvalue weighted by Gasteiger charge is 2.23. The fourth-order valence-electron chi connectivity index (χ4n) is 4.40. The third-order valence-electron chi connectivity index (χ3n) is 6.16. The van der Waals surface area contributed by atoms with Crippen LogP contribution in [0.4, 0.5) is 11.4 Å². The monoisotopic (exact) mass is 442 g/mol. The number of hydrogen-bond donors (Lipinski definition) is 3. The maximum atomic E-state index is 13.4. The SMILES string of the molecule is Nc1ccccc1NC(=O)c1ccc(Cn2c(=O)n(C3CCNCC3)c3ncccc32)cc1. The molecule has 2 aromatic carbocycles. The Morgan fingerprint density at radius 1 is 1.06 bits per heavy atom. The van der Waals surface area contributed by atoms with E-state index in [0.29, 0.717) is 23.5 Å². The molecule has 0 spiro atoms. The Balaban J connectivity index is 1.40. The normalized spacial score (nSPS) is 14.4. The average molecular weight is 443 g/mol. The number of hydrogen-bond acceptors (Lipinski definition) is 5. The third-order valence-corrected chi connectivity index (χ3v) is 6.16. The van der Waals surface area contributed by atoms with Crippen molar-refractivity contribution in [3.05, 3.63) is 88.5 Å². The van der Waals surface area contributed by atoms with Gasteiger partial charge in [0.1, 0.15) is 0 Å². The molecule has 4 aromatic rings. The van der Waals surface area contributed by atoms with Crippen LogP contribution in [0.3, 0.4) is 0 Å². The van der Waals surface area contributed by atoms with E-state index in [2.05, 4.69) is 15.6 Å². The fourth-order valence-corrected chi connectivity index (χ4v) is 4.40. The molecule has 2 aromatic heterocycles. The van der Waals surface area contributed by atoms with Crippen molar-refractivity contribution in [3.8, 4) is 0 Å². The highest BCUT2D eigenvalue weighted by molar-refractivity contribution is 6.05. The van der Waals surface area contributed by atoms with Crippen molar-refractivity contribution < 1.29 is 4.79 Å². The van der Waals surface area contributed by atoms with Gasteiger partial charge in [0, 0.05) is 17.8 Å². The van der Waals surface area contributed by atoms with E-state index in [4.69, 9.17) is 5.73 Å². The molecule has 33 heavy (non-hydrogen) atoms. The highest BCUT2D eigenvalue weighted by atomic mass is 16.2. The maximum Gasteiger partial charge on any atom is 0.330 e. The molecule has 1 saturated heterocycles. The highest BCUT2D eigenvalue weighted by Crippen LogP contribution is 2.23. The quantitative estimate of drug-likeness (QED) is 0.412. The Labute approximate surface area is 191 Å². The van der Waals surface area contributed by atoms with Crippen LogP contribution in [0.25, 0.3) is 11.2 Å². The minimum atomic E-state index is -0.233. The van der Waals surface area contributed by atoms with E-state index >= 15 is 0 Å². The third kappa shape index (κ3) is 4.12. The van der Waals surface area contributed by atoms with E-state index in [1.54, 1.807) is 35.0 Å². The van der Waals surface area contributed by atoms with Crippen LogP contribution in [0.5, 0.6) is 0 Å². The molecule has 8 nitrogen and oxygen atoms in total. The van der Waals surface area contributed by atoms with Crippen molar-refractivity contribution in [2.45, 2.75) is 25.4 Å². The summed E-state index contributed by atoms with van der Waals surface area (Å²) < 4.78 is 3.62. The lowest BCUT2D eigenvalue weighted by Crippen LogP contribution is -2.35. The van der Waals surface area contributed by atoms with E-state index in [0.717, 1.165) is 42.7 Å². The van der Waals surface area contributed by atoms with E-state index in [-0.39, 0.29) is 17.6 Å². The zero-order valence-corrected chi connectivity index (χ0v) is 18.2. The van der Waals surface area contributed by atoms with Gasteiger partial charge in [-0.2, -0.15) is 0 Å². The first-order chi connectivity index (χ1) is 16.1. The molecule has 0 saturated carbocycles. The van der Waals surface area contributed by atoms with Gasteiger partial charge in [0.15, 0.2) is 5.65 Å². The van der Waals surface area contributed by atoms with Gasteiger partial charge in [0.05, 0.1) is 23.4 Å². The first kappa shape index (κ1) is 21.0. The molecule has 3 heterocycles. The maximum absolute atomic E-state index is 13.4. The Bertz CT molecular complexity index is 1350. The summed E-state index contributed by atoms with van der Waals surface area (Å²) in [6.07, 6.45) is 3.55. The van der Waals surface area contributed by atoms with Gasteiger partial charge in [0.25, 0.3) is 5.91 Å². The molecule has 0 aliphatic carbocycles. The number of aromatic nitrogens is 3. The predicted molar refractivity (Wildman–Crippen MR) is 129 cm³/mol. The molecule has 1 fully saturated rings. The molecule has 1 aliphatic heterocycles. The number of carbonyl (C=O) groups is 1. The van der Waals surface area contributed by atoms with Crippen molar-refractivity contribution in [1.82, 2.24) is 19.4 Å². The van der Waals surface area contributed by atoms with Crippen molar-refractivity contribution in [2.75, 3.05) is 24.1 Å². The number of imidazole rings is 1. The number of benzene rings is 2. The first-order valence-corrected chi connectivity index (χ1v) is 11.1. The van der Waals surface area contributed by atoms with Gasteiger partial charge in [-0.1, -0.05) is 24.3 Å². The molecule has 4 N–H and O–H groups in total. The van der Waals surface area contributed by atoms with Crippen LogP contribution < -0.4 is 22.1 Å². The molecule has 1 aliphatic rings. The number of anilines is 2. The summed E-state index contributed by atoms with van der Waals surface area (Å²) >= 11 is 0. The van der Waals surface area contributed by atoms with Gasteiger partial charge in [0.2, 0.25) is 0 Å². The number of amides is 1. The van der Waals surface area contributed by atoms with E-state index in [1.807, 2.05) is 41.0 Å². The molecule has 0 radical (unpaired) electrons. The van der Waals surface area contributed by atoms with Gasteiger partial charge in [-0.05, 0) is 67.9 Å². The summed E-state index contributed by atoms with van der Waals surface area (Å²) in [6.45, 7) is 2.20. The molecular weight excluding hydrogens is 416 g/mol. The zero-order chi connectivity index (χ0) is 22.8. The number of nitrogens with one attached hydrogen (secondary N) is 2. The van der Waals surface area contributed by atoms with Crippen LogP contribution in [0.2, 0.25) is 0 Å². The minimum absolute atomic E-state index is 0.0445. The number of nitrogens with zero attached hydrogens (tertiary/aromatic N) is 3. The Morgan fingerprint density at radius 3 is 2.58 bits per heavy atom. The lowest BCUT2D eigenvalue weighted by Gasteiger charge is -2.23. The summed E-state index contributed by atoms with van der Waals surface area (Å²) in [4.78, 5) is 30.5. The van der Waals surface area contributed by atoms with Gasteiger partial charge >= 0.3 is 5.69 Å². The number of rotatable bonds is 5. The standard InChI is InChI=1S/C25H26N6O2/c26-20-4-1-2-5-21(20)29-24(32)18-9-7-17(8-10-18)16-30-22-6-3-13-28-23(22)31(25(30)33)19-11-14-27-15-12-19/h1-10,13,19,27H,11-12,14-16,26H2,(H,29,32). The largest absolute Gasteiger partial charge is 0.397 e. The molecule has 168 valence electrons. The average Bonchev–Trinajstić information content (AvgIpc) is 3.12. The first-order valence-electron chi connectivity index (χ1n) is 11.1. The summed E-state index contributed by atoms with van der Waals surface area (Å²) in [7, 11) is 0. The number of para-hydroxylation sites is 2. The van der Waals surface area contributed by atoms with Crippen molar-refractivity contribution in [1.29, 1.82) is 0 Å². The minimum Gasteiger partial charge on any atom is -0.397 e. The number of pyridine rings is 1. The van der Waals surface area contributed by atoms with Crippen LogP contribution in [0.15, 0.2) is 71.7 Å².